The van der Waals surface area contributed by atoms with Crippen LogP contribution in [0.5, 0.6) is 0 Å². The lowest BCUT2D eigenvalue weighted by Crippen LogP contribution is -2.46. The molecule has 1 aromatic heterocycles. The van der Waals surface area contributed by atoms with Crippen LogP contribution in [0.2, 0.25) is 0 Å². The molecule has 6 nitrogen and oxygen atoms in total. The monoisotopic (exact) mass is 278 g/mol. The van der Waals surface area contributed by atoms with Gasteiger partial charge in [0, 0.05) is 44.9 Å². The standard InChI is InChI=1S/C14H22N4O2/c1-10-8-13(20)12(9-15-11(2)19)14(16-10)18-6-4-17(3)5-7-18/h8H,4-7,9H2,1-3H3,(H,15,19)(H,16,20). The number of H-pyrrole nitrogens is 1. The number of piperazine rings is 1. The van der Waals surface area contributed by atoms with E-state index in [4.69, 9.17) is 0 Å². The van der Waals surface area contributed by atoms with Crippen molar-refractivity contribution >= 4 is 11.7 Å². The van der Waals surface area contributed by atoms with Crippen LogP contribution in [0.1, 0.15) is 18.2 Å². The van der Waals surface area contributed by atoms with Gasteiger partial charge in [0.25, 0.3) is 0 Å². The number of aromatic nitrogens is 1. The topological polar surface area (TPSA) is 68.4 Å². The second-order valence-corrected chi connectivity index (χ2v) is 5.34. The fraction of sp³-hybridized carbons (Fsp3) is 0.571. The number of likely N-dealkylation sites (N-methyl/N-ethyl adjacent to an activating group) is 1. The molecule has 0 aromatic carbocycles. The van der Waals surface area contributed by atoms with E-state index in [0.717, 1.165) is 37.7 Å². The lowest BCUT2D eigenvalue weighted by atomic mass is 10.2. The summed E-state index contributed by atoms with van der Waals surface area (Å²) in [5.41, 5.74) is 1.45. The number of carbonyl (C=O) groups excluding carboxylic acids is 1. The molecule has 110 valence electrons. The lowest BCUT2D eigenvalue weighted by molar-refractivity contribution is -0.119. The van der Waals surface area contributed by atoms with Gasteiger partial charge in [-0.2, -0.15) is 0 Å². The summed E-state index contributed by atoms with van der Waals surface area (Å²) in [7, 11) is 2.09. The lowest BCUT2D eigenvalue weighted by Gasteiger charge is -2.34. The Hall–Kier alpha value is -1.82. The molecular weight excluding hydrogens is 256 g/mol. The van der Waals surface area contributed by atoms with Crippen LogP contribution in [0.4, 0.5) is 5.82 Å². The third kappa shape index (κ3) is 3.39. The Morgan fingerprint density at radius 2 is 2.00 bits per heavy atom. The first kappa shape index (κ1) is 14.6. The van der Waals surface area contributed by atoms with Crippen molar-refractivity contribution in [2.75, 3.05) is 38.1 Å². The van der Waals surface area contributed by atoms with E-state index in [1.54, 1.807) is 6.07 Å². The summed E-state index contributed by atoms with van der Waals surface area (Å²) >= 11 is 0. The number of nitrogens with zero attached hydrogens (tertiary/aromatic N) is 2. The summed E-state index contributed by atoms with van der Waals surface area (Å²) in [5, 5.41) is 2.71. The van der Waals surface area contributed by atoms with Gasteiger partial charge in [0.2, 0.25) is 5.91 Å². The minimum absolute atomic E-state index is 0.0241. The number of anilines is 1. The summed E-state index contributed by atoms with van der Waals surface area (Å²) in [6.07, 6.45) is 0. The van der Waals surface area contributed by atoms with Crippen LogP contribution in [-0.4, -0.2) is 49.0 Å². The summed E-state index contributed by atoms with van der Waals surface area (Å²) < 4.78 is 0. The van der Waals surface area contributed by atoms with Gasteiger partial charge in [-0.3, -0.25) is 9.59 Å². The second kappa shape index (κ2) is 6.09. The van der Waals surface area contributed by atoms with E-state index < -0.39 is 0 Å². The number of aromatic amines is 1. The van der Waals surface area contributed by atoms with E-state index >= 15 is 0 Å². The molecule has 2 rings (SSSR count). The first-order chi connectivity index (χ1) is 9.47. The first-order valence-corrected chi connectivity index (χ1v) is 6.88. The van der Waals surface area contributed by atoms with Gasteiger partial charge in [-0.05, 0) is 14.0 Å². The molecule has 2 N–H and O–H groups in total. The fourth-order valence-corrected chi connectivity index (χ4v) is 2.38. The highest BCUT2D eigenvalue weighted by Crippen LogP contribution is 2.17. The predicted octanol–water partition coefficient (Wildman–Crippen LogP) is 0.0712. The summed E-state index contributed by atoms with van der Waals surface area (Å²) in [6, 6.07) is 1.58. The van der Waals surface area contributed by atoms with Gasteiger partial charge in [0.15, 0.2) is 5.43 Å². The molecular formula is C14H22N4O2. The molecule has 0 unspecified atom stereocenters. The van der Waals surface area contributed by atoms with Crippen LogP contribution in [0.25, 0.3) is 0 Å². The van der Waals surface area contributed by atoms with E-state index in [-0.39, 0.29) is 17.9 Å². The number of carbonyl (C=O) groups is 1. The van der Waals surface area contributed by atoms with Crippen molar-refractivity contribution in [3.8, 4) is 0 Å². The largest absolute Gasteiger partial charge is 0.355 e. The number of amides is 1. The third-order valence-corrected chi connectivity index (χ3v) is 3.58. The molecule has 1 fully saturated rings. The molecule has 1 aromatic rings. The normalized spacial score (nSPS) is 16.2. The van der Waals surface area contributed by atoms with Gasteiger partial charge < -0.3 is 20.1 Å². The fourth-order valence-electron chi connectivity index (χ4n) is 2.38. The highest BCUT2D eigenvalue weighted by Gasteiger charge is 2.19. The van der Waals surface area contributed by atoms with E-state index in [9.17, 15) is 9.59 Å². The zero-order valence-corrected chi connectivity index (χ0v) is 12.3. The Morgan fingerprint density at radius 1 is 1.35 bits per heavy atom. The van der Waals surface area contributed by atoms with Crippen molar-refractivity contribution in [2.24, 2.45) is 0 Å². The predicted molar refractivity (Wildman–Crippen MR) is 79.0 cm³/mol. The van der Waals surface area contributed by atoms with Crippen LogP contribution in [0, 0.1) is 6.92 Å². The molecule has 0 spiro atoms. The van der Waals surface area contributed by atoms with Gasteiger partial charge >= 0.3 is 0 Å². The highest BCUT2D eigenvalue weighted by atomic mass is 16.1. The van der Waals surface area contributed by atoms with Crippen molar-refractivity contribution < 1.29 is 4.79 Å². The minimum atomic E-state index is -0.130. The number of hydrogen-bond donors (Lipinski definition) is 2. The smallest absolute Gasteiger partial charge is 0.217 e. The number of rotatable bonds is 3. The molecule has 1 saturated heterocycles. The SMILES string of the molecule is CC(=O)NCc1c(N2CCN(C)CC2)[nH]c(C)cc1=O. The van der Waals surface area contributed by atoms with Gasteiger partial charge in [-0.25, -0.2) is 0 Å². The van der Waals surface area contributed by atoms with Crippen molar-refractivity contribution in [3.05, 3.63) is 27.5 Å². The van der Waals surface area contributed by atoms with Crippen molar-refractivity contribution in [1.29, 1.82) is 0 Å². The Morgan fingerprint density at radius 3 is 2.60 bits per heavy atom. The molecule has 1 aliphatic rings. The van der Waals surface area contributed by atoms with Crippen molar-refractivity contribution in [3.63, 3.8) is 0 Å². The maximum Gasteiger partial charge on any atom is 0.217 e. The average Bonchev–Trinajstić information content (AvgIpc) is 2.37. The van der Waals surface area contributed by atoms with Crippen molar-refractivity contribution in [2.45, 2.75) is 20.4 Å². The maximum absolute atomic E-state index is 12.2. The van der Waals surface area contributed by atoms with Crippen LogP contribution >= 0.6 is 0 Å². The van der Waals surface area contributed by atoms with Crippen LogP contribution in [-0.2, 0) is 11.3 Å². The maximum atomic E-state index is 12.2. The van der Waals surface area contributed by atoms with Crippen LogP contribution < -0.4 is 15.6 Å². The minimum Gasteiger partial charge on any atom is -0.355 e. The van der Waals surface area contributed by atoms with E-state index in [1.165, 1.54) is 6.92 Å². The summed E-state index contributed by atoms with van der Waals surface area (Å²) in [5.74, 6) is 0.714. The third-order valence-electron chi connectivity index (χ3n) is 3.58. The number of aryl methyl sites for hydroxylation is 1. The number of hydrogen-bond acceptors (Lipinski definition) is 4. The molecule has 0 aliphatic carbocycles. The molecule has 0 saturated carbocycles. The Kier molecular flexibility index (Phi) is 4.44. The van der Waals surface area contributed by atoms with Gasteiger partial charge in [-0.15, -0.1) is 0 Å². The van der Waals surface area contributed by atoms with E-state index in [0.29, 0.717) is 5.56 Å². The van der Waals surface area contributed by atoms with Gasteiger partial charge in [0.1, 0.15) is 5.82 Å². The van der Waals surface area contributed by atoms with Crippen LogP contribution in [0.3, 0.4) is 0 Å². The second-order valence-electron chi connectivity index (χ2n) is 5.34. The first-order valence-electron chi connectivity index (χ1n) is 6.88. The zero-order valence-electron chi connectivity index (χ0n) is 12.3. The van der Waals surface area contributed by atoms with Gasteiger partial charge in [-0.1, -0.05) is 0 Å². The Bertz CT molecular complexity index is 545. The molecule has 2 heterocycles. The molecule has 20 heavy (non-hydrogen) atoms. The average molecular weight is 278 g/mol. The van der Waals surface area contributed by atoms with Crippen LogP contribution in [0.15, 0.2) is 10.9 Å². The van der Waals surface area contributed by atoms with E-state index in [1.807, 2.05) is 6.92 Å². The Balaban J connectivity index is 2.29. The molecule has 0 atom stereocenters. The molecule has 6 heteroatoms. The summed E-state index contributed by atoms with van der Waals surface area (Å²) in [6.45, 7) is 7.30. The molecule has 0 bridgehead atoms. The summed E-state index contributed by atoms with van der Waals surface area (Å²) in [4.78, 5) is 31.0. The number of pyridine rings is 1. The van der Waals surface area contributed by atoms with E-state index in [2.05, 4.69) is 27.1 Å². The van der Waals surface area contributed by atoms with Crippen molar-refractivity contribution in [1.82, 2.24) is 15.2 Å². The highest BCUT2D eigenvalue weighted by molar-refractivity contribution is 5.73. The Labute approximate surface area is 118 Å². The molecule has 1 amide bonds. The number of nitrogens with one attached hydrogen (secondary N) is 2. The van der Waals surface area contributed by atoms with Gasteiger partial charge in [0.05, 0.1) is 12.1 Å². The zero-order chi connectivity index (χ0) is 14.7. The molecule has 1 aliphatic heterocycles. The quantitative estimate of drug-likeness (QED) is 0.821. The molecule has 0 radical (unpaired) electrons.